The van der Waals surface area contributed by atoms with E-state index in [4.69, 9.17) is 18.6 Å². The third kappa shape index (κ3) is 2.83. The molecule has 2 unspecified atom stereocenters. The lowest BCUT2D eigenvalue weighted by molar-refractivity contribution is -0.147. The molecule has 1 aromatic heterocycles. The van der Waals surface area contributed by atoms with Crippen molar-refractivity contribution in [3.8, 4) is 5.75 Å². The summed E-state index contributed by atoms with van der Waals surface area (Å²) in [6.07, 6.45) is 4.04. The van der Waals surface area contributed by atoms with Gasteiger partial charge >= 0.3 is 11.6 Å². The lowest BCUT2D eigenvalue weighted by atomic mass is 9.93. The molecule has 1 aromatic carbocycles. The highest BCUT2D eigenvalue weighted by molar-refractivity contribution is 5.88. The van der Waals surface area contributed by atoms with Gasteiger partial charge in [0.25, 0.3) is 0 Å². The first-order chi connectivity index (χ1) is 12.5. The van der Waals surface area contributed by atoms with Gasteiger partial charge < -0.3 is 23.7 Å². The van der Waals surface area contributed by atoms with Gasteiger partial charge in [-0.05, 0) is 30.4 Å². The van der Waals surface area contributed by atoms with Crippen molar-refractivity contribution in [1.82, 2.24) is 0 Å². The van der Waals surface area contributed by atoms with E-state index in [-0.39, 0.29) is 17.4 Å². The van der Waals surface area contributed by atoms with Gasteiger partial charge in [-0.2, -0.15) is 0 Å². The lowest BCUT2D eigenvalue weighted by Gasteiger charge is -2.29. The minimum Gasteiger partial charge on any atom is -0.504 e. The SMILES string of the molecule is COC1=CC2C=C(Oc3ccc4ccc(=O)oc4c3)C(=O)OC2C=C1O. The maximum Gasteiger partial charge on any atom is 0.374 e. The molecule has 7 heteroatoms. The number of esters is 1. The van der Waals surface area contributed by atoms with E-state index in [0.717, 1.165) is 5.39 Å². The average Bonchev–Trinajstić information content (AvgIpc) is 2.62. The Bertz CT molecular complexity index is 1040. The lowest BCUT2D eigenvalue weighted by Crippen LogP contribution is -2.33. The van der Waals surface area contributed by atoms with Crippen LogP contribution in [0.1, 0.15) is 0 Å². The minimum absolute atomic E-state index is 0.00497. The standard InChI is InChI=1S/C19H14O7/c1-23-16-6-11-7-17(19(22)26-15(11)9-13(16)20)24-12-4-2-10-3-5-18(21)25-14(10)8-12/h2-9,11,15,20H,1H3. The molecule has 0 radical (unpaired) electrons. The second-order valence-corrected chi connectivity index (χ2v) is 5.82. The van der Waals surface area contributed by atoms with Crippen LogP contribution in [0.15, 0.2) is 75.0 Å². The number of aliphatic hydroxyl groups is 1. The molecule has 1 aliphatic carbocycles. The van der Waals surface area contributed by atoms with Crippen LogP contribution in [0.5, 0.6) is 5.75 Å². The van der Waals surface area contributed by atoms with Crippen LogP contribution < -0.4 is 10.4 Å². The number of aliphatic hydroxyl groups excluding tert-OH is 1. The zero-order valence-electron chi connectivity index (χ0n) is 13.7. The number of hydrogen-bond acceptors (Lipinski definition) is 7. The topological polar surface area (TPSA) is 95.2 Å². The first kappa shape index (κ1) is 16.0. The maximum absolute atomic E-state index is 12.2. The molecular weight excluding hydrogens is 340 g/mol. The predicted octanol–water partition coefficient (Wildman–Crippen LogP) is 2.58. The summed E-state index contributed by atoms with van der Waals surface area (Å²) in [5.41, 5.74) is -0.121. The summed E-state index contributed by atoms with van der Waals surface area (Å²) in [6, 6.07) is 7.87. The fourth-order valence-corrected chi connectivity index (χ4v) is 2.86. The maximum atomic E-state index is 12.2. The molecule has 0 bridgehead atoms. The Morgan fingerprint density at radius 1 is 1.04 bits per heavy atom. The first-order valence-electron chi connectivity index (χ1n) is 7.85. The number of benzene rings is 1. The van der Waals surface area contributed by atoms with E-state index in [9.17, 15) is 14.7 Å². The van der Waals surface area contributed by atoms with E-state index in [0.29, 0.717) is 17.1 Å². The second kappa shape index (κ2) is 6.11. The van der Waals surface area contributed by atoms with Gasteiger partial charge in [-0.25, -0.2) is 9.59 Å². The fraction of sp³-hybridized carbons (Fsp3) is 0.158. The molecule has 7 nitrogen and oxygen atoms in total. The molecule has 2 heterocycles. The second-order valence-electron chi connectivity index (χ2n) is 5.82. The highest BCUT2D eigenvalue weighted by Crippen LogP contribution is 2.31. The molecule has 132 valence electrons. The molecule has 2 aliphatic rings. The number of carbonyl (C=O) groups excluding carboxylic acids is 1. The third-order valence-corrected chi connectivity index (χ3v) is 4.13. The number of ether oxygens (including phenoxy) is 3. The molecule has 0 saturated carbocycles. The van der Waals surface area contributed by atoms with E-state index in [1.807, 2.05) is 0 Å². The van der Waals surface area contributed by atoms with E-state index in [2.05, 4.69) is 0 Å². The first-order valence-corrected chi connectivity index (χ1v) is 7.85. The van der Waals surface area contributed by atoms with Gasteiger partial charge in [-0.3, -0.25) is 0 Å². The predicted molar refractivity (Wildman–Crippen MR) is 90.4 cm³/mol. The number of methoxy groups -OCH3 is 1. The largest absolute Gasteiger partial charge is 0.504 e. The summed E-state index contributed by atoms with van der Waals surface area (Å²) in [4.78, 5) is 23.5. The summed E-state index contributed by atoms with van der Waals surface area (Å²) < 4.78 is 21.1. The van der Waals surface area contributed by atoms with Crippen molar-refractivity contribution < 1.29 is 28.5 Å². The van der Waals surface area contributed by atoms with E-state index in [1.165, 1.54) is 25.3 Å². The number of fused-ring (bicyclic) bond motifs is 2. The van der Waals surface area contributed by atoms with Gasteiger partial charge in [-0.1, -0.05) is 0 Å². The summed E-state index contributed by atoms with van der Waals surface area (Å²) >= 11 is 0. The number of rotatable bonds is 3. The fourth-order valence-electron chi connectivity index (χ4n) is 2.86. The van der Waals surface area contributed by atoms with Gasteiger partial charge in [0.2, 0.25) is 5.76 Å². The number of carbonyl (C=O) groups is 1. The van der Waals surface area contributed by atoms with E-state index >= 15 is 0 Å². The molecule has 2 aromatic rings. The Labute approximate surface area is 147 Å². The molecule has 0 saturated heterocycles. The van der Waals surface area contributed by atoms with Crippen molar-refractivity contribution in [2.75, 3.05) is 7.11 Å². The Kier molecular flexibility index (Phi) is 3.76. The summed E-state index contributed by atoms with van der Waals surface area (Å²) in [5, 5.41) is 10.5. The monoisotopic (exact) mass is 354 g/mol. The van der Waals surface area contributed by atoms with E-state index < -0.39 is 17.7 Å². The molecule has 2 atom stereocenters. The summed E-state index contributed by atoms with van der Waals surface area (Å²) in [6.45, 7) is 0. The van der Waals surface area contributed by atoms with Crippen LogP contribution in [0, 0.1) is 5.92 Å². The van der Waals surface area contributed by atoms with Gasteiger partial charge in [0.05, 0.1) is 7.11 Å². The molecular formula is C19H14O7. The molecule has 4 rings (SSSR count). The molecule has 26 heavy (non-hydrogen) atoms. The van der Waals surface area contributed by atoms with Crippen molar-refractivity contribution >= 4 is 16.9 Å². The zero-order valence-corrected chi connectivity index (χ0v) is 13.7. The zero-order chi connectivity index (χ0) is 18.3. The van der Waals surface area contributed by atoms with Gasteiger partial charge in [-0.15, -0.1) is 0 Å². The average molecular weight is 354 g/mol. The molecule has 0 fully saturated rings. The molecule has 1 aliphatic heterocycles. The van der Waals surface area contributed by atoms with Crippen LogP contribution in [0.4, 0.5) is 0 Å². The summed E-state index contributed by atoms with van der Waals surface area (Å²) in [5.74, 6) is -0.425. The third-order valence-electron chi connectivity index (χ3n) is 4.13. The van der Waals surface area contributed by atoms with Crippen molar-refractivity contribution in [1.29, 1.82) is 0 Å². The van der Waals surface area contributed by atoms with Gasteiger partial charge in [0, 0.05) is 29.5 Å². The van der Waals surface area contributed by atoms with E-state index in [1.54, 1.807) is 30.4 Å². The van der Waals surface area contributed by atoms with Crippen LogP contribution in [0.3, 0.4) is 0 Å². The van der Waals surface area contributed by atoms with Crippen LogP contribution in [0.25, 0.3) is 11.0 Å². The molecule has 1 N–H and O–H groups in total. The number of hydrogen-bond donors (Lipinski definition) is 1. The molecule has 0 amide bonds. The molecule has 0 spiro atoms. The van der Waals surface area contributed by atoms with Crippen molar-refractivity contribution in [3.05, 3.63) is 76.3 Å². The highest BCUT2D eigenvalue weighted by Gasteiger charge is 2.34. The Balaban J connectivity index is 1.65. The summed E-state index contributed by atoms with van der Waals surface area (Å²) in [7, 11) is 1.44. The van der Waals surface area contributed by atoms with Crippen LogP contribution >= 0.6 is 0 Å². The Morgan fingerprint density at radius 2 is 1.81 bits per heavy atom. The van der Waals surface area contributed by atoms with Crippen LogP contribution in [-0.2, 0) is 14.3 Å². The van der Waals surface area contributed by atoms with Crippen LogP contribution in [-0.4, -0.2) is 24.3 Å². The minimum atomic E-state index is -0.654. The van der Waals surface area contributed by atoms with Crippen molar-refractivity contribution in [3.63, 3.8) is 0 Å². The normalized spacial score (nSPS) is 21.9. The van der Waals surface area contributed by atoms with Gasteiger partial charge in [0.1, 0.15) is 17.4 Å². The van der Waals surface area contributed by atoms with Crippen molar-refractivity contribution in [2.45, 2.75) is 6.10 Å². The van der Waals surface area contributed by atoms with Crippen LogP contribution in [0.2, 0.25) is 0 Å². The smallest absolute Gasteiger partial charge is 0.374 e. The quantitative estimate of drug-likeness (QED) is 0.668. The van der Waals surface area contributed by atoms with Crippen molar-refractivity contribution in [2.24, 2.45) is 5.92 Å². The highest BCUT2D eigenvalue weighted by atomic mass is 16.6. The van der Waals surface area contributed by atoms with Gasteiger partial charge in [0.15, 0.2) is 11.5 Å². The Morgan fingerprint density at radius 3 is 2.62 bits per heavy atom. The Hall–Kier alpha value is -3.48.